The van der Waals surface area contributed by atoms with Gasteiger partial charge in [-0.05, 0) is 24.1 Å². The van der Waals surface area contributed by atoms with Crippen LogP contribution >= 0.6 is 11.6 Å². The van der Waals surface area contributed by atoms with E-state index in [0.29, 0.717) is 17.3 Å². The van der Waals surface area contributed by atoms with Crippen LogP contribution in [-0.2, 0) is 6.54 Å². The summed E-state index contributed by atoms with van der Waals surface area (Å²) in [6.45, 7) is 4.51. The van der Waals surface area contributed by atoms with E-state index in [2.05, 4.69) is 24.2 Å². The molecule has 0 spiro atoms. The lowest BCUT2D eigenvalue weighted by Gasteiger charge is -2.13. The number of halogens is 1. The zero-order valence-corrected chi connectivity index (χ0v) is 12.0. The van der Waals surface area contributed by atoms with Crippen LogP contribution in [0.15, 0.2) is 18.2 Å². The molecule has 5 nitrogen and oxygen atoms in total. The Bertz CT molecular complexity index is 580. The van der Waals surface area contributed by atoms with Crippen LogP contribution in [0, 0.1) is 0 Å². The number of hydrogen-bond donors (Lipinski definition) is 1. The molecule has 1 aromatic heterocycles. The molecule has 1 aromatic carbocycles. The highest BCUT2D eigenvalue weighted by Gasteiger charge is 2.18. The van der Waals surface area contributed by atoms with Gasteiger partial charge >= 0.3 is 0 Å². The molecule has 0 radical (unpaired) electrons. The first-order valence-electron chi connectivity index (χ1n) is 6.07. The van der Waals surface area contributed by atoms with E-state index in [1.54, 1.807) is 23.9 Å². The molecule has 0 aliphatic heterocycles. The van der Waals surface area contributed by atoms with E-state index in [-0.39, 0.29) is 5.92 Å². The van der Waals surface area contributed by atoms with Crippen LogP contribution in [0.2, 0.25) is 5.02 Å². The summed E-state index contributed by atoms with van der Waals surface area (Å²) in [4.78, 5) is 0. The van der Waals surface area contributed by atoms with Crippen molar-refractivity contribution in [2.45, 2.75) is 26.3 Å². The SMILES string of the molecule is COc1ccc(Cl)cc1-n1nnc(CN)c1C(C)C. The summed E-state index contributed by atoms with van der Waals surface area (Å²) < 4.78 is 7.10. The van der Waals surface area contributed by atoms with Gasteiger partial charge in [-0.25, -0.2) is 4.68 Å². The average molecular weight is 281 g/mol. The molecule has 6 heteroatoms. The minimum atomic E-state index is 0.247. The lowest BCUT2D eigenvalue weighted by Crippen LogP contribution is -2.08. The van der Waals surface area contributed by atoms with Gasteiger partial charge in [0.05, 0.1) is 12.8 Å². The Kier molecular flexibility index (Phi) is 4.07. The van der Waals surface area contributed by atoms with Gasteiger partial charge in [-0.3, -0.25) is 0 Å². The van der Waals surface area contributed by atoms with Crippen LogP contribution in [0.1, 0.15) is 31.2 Å². The molecule has 19 heavy (non-hydrogen) atoms. The summed E-state index contributed by atoms with van der Waals surface area (Å²) in [5, 5.41) is 8.92. The summed E-state index contributed by atoms with van der Waals surface area (Å²) in [5.41, 5.74) is 8.24. The fraction of sp³-hybridized carbons (Fsp3) is 0.385. The second kappa shape index (κ2) is 5.59. The molecule has 1 heterocycles. The number of methoxy groups -OCH3 is 1. The minimum Gasteiger partial charge on any atom is -0.494 e. The third-order valence-electron chi connectivity index (χ3n) is 2.89. The molecule has 2 aromatic rings. The Labute approximate surface area is 117 Å². The van der Waals surface area contributed by atoms with Crippen molar-refractivity contribution in [1.82, 2.24) is 15.0 Å². The fourth-order valence-electron chi connectivity index (χ4n) is 2.05. The number of benzene rings is 1. The number of aromatic nitrogens is 3. The van der Waals surface area contributed by atoms with Crippen LogP contribution in [0.25, 0.3) is 5.69 Å². The van der Waals surface area contributed by atoms with Crippen LogP contribution in [-0.4, -0.2) is 22.1 Å². The molecule has 0 atom stereocenters. The number of rotatable bonds is 4. The molecular weight excluding hydrogens is 264 g/mol. The van der Waals surface area contributed by atoms with Crippen molar-refractivity contribution in [2.24, 2.45) is 5.73 Å². The first-order valence-corrected chi connectivity index (χ1v) is 6.44. The summed E-state index contributed by atoms with van der Waals surface area (Å²) in [6, 6.07) is 5.40. The minimum absolute atomic E-state index is 0.247. The Morgan fingerprint density at radius 2 is 2.16 bits per heavy atom. The van der Waals surface area contributed by atoms with Crippen molar-refractivity contribution in [3.05, 3.63) is 34.6 Å². The largest absolute Gasteiger partial charge is 0.494 e. The maximum atomic E-state index is 6.05. The zero-order valence-electron chi connectivity index (χ0n) is 11.2. The third kappa shape index (κ3) is 2.57. The number of nitrogens with zero attached hydrogens (tertiary/aromatic N) is 3. The van der Waals surface area contributed by atoms with Crippen LogP contribution < -0.4 is 10.5 Å². The smallest absolute Gasteiger partial charge is 0.144 e. The number of hydrogen-bond acceptors (Lipinski definition) is 4. The molecule has 0 amide bonds. The number of nitrogens with two attached hydrogens (primary N) is 1. The van der Waals surface area contributed by atoms with E-state index in [1.807, 2.05) is 6.07 Å². The van der Waals surface area contributed by atoms with Crippen molar-refractivity contribution in [2.75, 3.05) is 7.11 Å². The zero-order chi connectivity index (χ0) is 14.0. The van der Waals surface area contributed by atoms with Crippen LogP contribution in [0.4, 0.5) is 0 Å². The lowest BCUT2D eigenvalue weighted by atomic mass is 10.1. The Morgan fingerprint density at radius 3 is 2.74 bits per heavy atom. The highest BCUT2D eigenvalue weighted by atomic mass is 35.5. The van der Waals surface area contributed by atoms with E-state index in [4.69, 9.17) is 22.1 Å². The number of ether oxygens (including phenoxy) is 1. The molecule has 2 rings (SSSR count). The van der Waals surface area contributed by atoms with E-state index in [1.165, 1.54) is 0 Å². The monoisotopic (exact) mass is 280 g/mol. The van der Waals surface area contributed by atoms with Gasteiger partial charge in [-0.2, -0.15) is 0 Å². The summed E-state index contributed by atoms with van der Waals surface area (Å²) >= 11 is 6.05. The molecule has 2 N–H and O–H groups in total. The molecule has 0 bridgehead atoms. The highest BCUT2D eigenvalue weighted by molar-refractivity contribution is 6.30. The van der Waals surface area contributed by atoms with Crippen LogP contribution in [0.3, 0.4) is 0 Å². The normalized spacial score (nSPS) is 11.1. The van der Waals surface area contributed by atoms with Gasteiger partial charge in [0.1, 0.15) is 17.1 Å². The van der Waals surface area contributed by atoms with Gasteiger partial charge in [0, 0.05) is 11.6 Å². The van der Waals surface area contributed by atoms with Gasteiger partial charge in [-0.1, -0.05) is 30.7 Å². The van der Waals surface area contributed by atoms with Crippen molar-refractivity contribution in [3.63, 3.8) is 0 Å². The van der Waals surface area contributed by atoms with E-state index in [9.17, 15) is 0 Å². The topological polar surface area (TPSA) is 66.0 Å². The van der Waals surface area contributed by atoms with Gasteiger partial charge in [0.2, 0.25) is 0 Å². The van der Waals surface area contributed by atoms with Crippen LogP contribution in [0.5, 0.6) is 5.75 Å². The predicted octanol–water partition coefficient (Wildman–Crippen LogP) is 2.51. The maximum Gasteiger partial charge on any atom is 0.144 e. The van der Waals surface area contributed by atoms with Gasteiger partial charge in [0.15, 0.2) is 0 Å². The quantitative estimate of drug-likeness (QED) is 0.934. The first kappa shape index (κ1) is 13.8. The van der Waals surface area contributed by atoms with Gasteiger partial charge in [0.25, 0.3) is 0 Å². The van der Waals surface area contributed by atoms with Gasteiger partial charge < -0.3 is 10.5 Å². The Balaban J connectivity index is 2.65. The maximum absolute atomic E-state index is 6.05. The van der Waals surface area contributed by atoms with E-state index < -0.39 is 0 Å². The van der Waals surface area contributed by atoms with Crippen molar-refractivity contribution >= 4 is 11.6 Å². The lowest BCUT2D eigenvalue weighted by molar-refractivity contribution is 0.410. The standard InChI is InChI=1S/C13H17ClN4O/c1-8(2)13-10(7-15)16-17-18(13)11-6-9(14)4-5-12(11)19-3/h4-6,8H,7,15H2,1-3H3. The second-order valence-corrected chi connectivity index (χ2v) is 4.94. The molecule has 102 valence electrons. The van der Waals surface area contributed by atoms with E-state index in [0.717, 1.165) is 17.1 Å². The second-order valence-electron chi connectivity index (χ2n) is 4.51. The Hall–Kier alpha value is -1.59. The highest BCUT2D eigenvalue weighted by Crippen LogP contribution is 2.29. The summed E-state index contributed by atoms with van der Waals surface area (Å²) in [5.74, 6) is 0.942. The molecule has 0 saturated carbocycles. The molecule has 0 fully saturated rings. The first-order chi connectivity index (χ1) is 9.08. The average Bonchev–Trinajstić information content (AvgIpc) is 2.82. The molecule has 0 aliphatic rings. The van der Waals surface area contributed by atoms with Crippen molar-refractivity contribution in [3.8, 4) is 11.4 Å². The predicted molar refractivity (Wildman–Crippen MR) is 74.9 cm³/mol. The molecule has 0 unspecified atom stereocenters. The molecular formula is C13H17ClN4O. The summed E-state index contributed by atoms with van der Waals surface area (Å²) in [6.07, 6.45) is 0. The molecule has 0 saturated heterocycles. The fourth-order valence-corrected chi connectivity index (χ4v) is 2.22. The Morgan fingerprint density at radius 1 is 1.42 bits per heavy atom. The van der Waals surface area contributed by atoms with Gasteiger partial charge in [-0.15, -0.1) is 5.10 Å². The summed E-state index contributed by atoms with van der Waals surface area (Å²) in [7, 11) is 1.61. The van der Waals surface area contributed by atoms with Crippen molar-refractivity contribution < 1.29 is 4.74 Å². The molecule has 0 aliphatic carbocycles. The third-order valence-corrected chi connectivity index (χ3v) is 3.12. The van der Waals surface area contributed by atoms with Crippen molar-refractivity contribution in [1.29, 1.82) is 0 Å². The van der Waals surface area contributed by atoms with E-state index >= 15 is 0 Å².